The molecule has 0 atom stereocenters. The van der Waals surface area contributed by atoms with E-state index >= 15 is 0 Å². The molecule has 0 saturated heterocycles. The molecule has 0 aliphatic carbocycles. The number of aryl methyl sites for hydroxylation is 1. The molecule has 0 aliphatic heterocycles. The first-order valence-corrected chi connectivity index (χ1v) is 12.9. The number of hydrogen-bond acceptors (Lipinski definition) is 4. The minimum absolute atomic E-state index is 0.0320. The van der Waals surface area contributed by atoms with E-state index in [4.69, 9.17) is 16.3 Å². The van der Waals surface area contributed by atoms with Crippen molar-refractivity contribution in [2.75, 3.05) is 31.6 Å². The number of rotatable bonds is 12. The molecule has 0 bridgehead atoms. The van der Waals surface area contributed by atoms with Gasteiger partial charge in [0.1, 0.15) is 6.54 Å². The van der Waals surface area contributed by atoms with Gasteiger partial charge in [0.2, 0.25) is 5.91 Å². The van der Waals surface area contributed by atoms with E-state index in [9.17, 15) is 9.59 Å². The highest BCUT2D eigenvalue weighted by molar-refractivity contribution is 7.11. The summed E-state index contributed by atoms with van der Waals surface area (Å²) in [6.45, 7) is 6.45. The van der Waals surface area contributed by atoms with E-state index in [0.717, 1.165) is 10.4 Å². The van der Waals surface area contributed by atoms with Gasteiger partial charge in [-0.05, 0) is 56.2 Å². The Bertz CT molecular complexity index is 1090. The topological polar surface area (TPSA) is 61.9 Å². The first-order chi connectivity index (χ1) is 16.9. The Morgan fingerprint density at radius 3 is 2.49 bits per heavy atom. The number of ether oxygens (including phenoxy) is 1. The van der Waals surface area contributed by atoms with E-state index in [1.165, 1.54) is 4.88 Å². The molecule has 0 spiro atoms. The highest BCUT2D eigenvalue weighted by Gasteiger charge is 2.22. The Labute approximate surface area is 216 Å². The van der Waals surface area contributed by atoms with Gasteiger partial charge in [-0.2, -0.15) is 0 Å². The van der Waals surface area contributed by atoms with Crippen molar-refractivity contribution in [3.05, 3.63) is 87.1 Å². The lowest BCUT2D eigenvalue weighted by Gasteiger charge is -2.28. The third-order valence-corrected chi connectivity index (χ3v) is 6.54. The summed E-state index contributed by atoms with van der Waals surface area (Å²) in [5.74, 6) is -0.113. The number of nitrogens with one attached hydrogen (secondary N) is 1. The van der Waals surface area contributed by atoms with E-state index in [2.05, 4.69) is 24.4 Å². The average molecular weight is 514 g/mol. The zero-order chi connectivity index (χ0) is 25.0. The molecule has 1 aromatic heterocycles. The van der Waals surface area contributed by atoms with E-state index in [0.29, 0.717) is 50.0 Å². The minimum Gasteiger partial charge on any atom is -0.382 e. The summed E-state index contributed by atoms with van der Waals surface area (Å²) in [5.41, 5.74) is 1.63. The summed E-state index contributed by atoms with van der Waals surface area (Å²) in [5, 5.41) is 3.39. The fourth-order valence-corrected chi connectivity index (χ4v) is 4.68. The second-order valence-corrected chi connectivity index (χ2v) is 9.97. The van der Waals surface area contributed by atoms with E-state index in [1.807, 2.05) is 42.2 Å². The number of thiophene rings is 1. The van der Waals surface area contributed by atoms with Crippen molar-refractivity contribution in [2.45, 2.75) is 33.4 Å². The van der Waals surface area contributed by atoms with Crippen molar-refractivity contribution in [1.82, 2.24) is 9.80 Å². The Morgan fingerprint density at radius 1 is 1.00 bits per heavy atom. The number of urea groups is 1. The van der Waals surface area contributed by atoms with Crippen LogP contribution in [-0.4, -0.2) is 48.0 Å². The van der Waals surface area contributed by atoms with Crippen molar-refractivity contribution in [2.24, 2.45) is 0 Å². The summed E-state index contributed by atoms with van der Waals surface area (Å²) in [6, 6.07) is 20.6. The molecule has 1 N–H and O–H groups in total. The van der Waals surface area contributed by atoms with Crippen LogP contribution in [0.15, 0.2) is 66.7 Å². The summed E-state index contributed by atoms with van der Waals surface area (Å²) in [4.78, 5) is 32.3. The number of benzene rings is 2. The van der Waals surface area contributed by atoms with Gasteiger partial charge >= 0.3 is 6.03 Å². The molecule has 0 unspecified atom stereocenters. The Hall–Kier alpha value is -2.87. The molecule has 0 radical (unpaired) electrons. The van der Waals surface area contributed by atoms with Crippen molar-refractivity contribution in [1.29, 1.82) is 0 Å². The molecule has 0 aliphatic rings. The second kappa shape index (κ2) is 13.9. The van der Waals surface area contributed by atoms with Crippen molar-refractivity contribution >= 4 is 40.6 Å². The van der Waals surface area contributed by atoms with Crippen LogP contribution in [0.5, 0.6) is 0 Å². The smallest absolute Gasteiger partial charge is 0.322 e. The molecule has 3 amide bonds. The van der Waals surface area contributed by atoms with E-state index < -0.39 is 0 Å². The number of carbonyl (C=O) groups is 2. The maximum Gasteiger partial charge on any atom is 0.322 e. The lowest BCUT2D eigenvalue weighted by molar-refractivity contribution is -0.133. The third kappa shape index (κ3) is 9.02. The van der Waals surface area contributed by atoms with Gasteiger partial charge in [-0.15, -0.1) is 11.3 Å². The van der Waals surface area contributed by atoms with Crippen LogP contribution in [0.3, 0.4) is 0 Å². The van der Waals surface area contributed by atoms with Gasteiger partial charge in [0, 0.05) is 46.8 Å². The molecule has 186 valence electrons. The zero-order valence-corrected chi connectivity index (χ0v) is 21.8. The molecule has 2 aromatic carbocycles. The highest BCUT2D eigenvalue weighted by atomic mass is 35.5. The lowest BCUT2D eigenvalue weighted by Crippen LogP contribution is -2.44. The van der Waals surface area contributed by atoms with Crippen LogP contribution >= 0.6 is 22.9 Å². The van der Waals surface area contributed by atoms with Gasteiger partial charge < -0.3 is 19.9 Å². The van der Waals surface area contributed by atoms with Crippen molar-refractivity contribution < 1.29 is 14.3 Å². The first-order valence-electron chi connectivity index (χ1n) is 11.7. The van der Waals surface area contributed by atoms with Crippen LogP contribution < -0.4 is 5.32 Å². The maximum absolute atomic E-state index is 13.5. The normalized spacial score (nSPS) is 10.7. The van der Waals surface area contributed by atoms with Crippen LogP contribution in [0.25, 0.3) is 0 Å². The SMILES string of the molecule is CCOCCCN(CC(=O)N(Cc1ccccc1)Cc1ccc(C)s1)C(=O)Nc1cccc(Cl)c1. The van der Waals surface area contributed by atoms with Gasteiger partial charge in [0.25, 0.3) is 0 Å². The monoisotopic (exact) mass is 513 g/mol. The summed E-state index contributed by atoms with van der Waals surface area (Å²) in [7, 11) is 0. The zero-order valence-electron chi connectivity index (χ0n) is 20.2. The molecule has 6 nitrogen and oxygen atoms in total. The molecule has 35 heavy (non-hydrogen) atoms. The molecular weight excluding hydrogens is 482 g/mol. The van der Waals surface area contributed by atoms with Crippen molar-refractivity contribution in [3.63, 3.8) is 0 Å². The quantitative estimate of drug-likeness (QED) is 0.293. The molecule has 0 fully saturated rings. The predicted molar refractivity (Wildman–Crippen MR) is 143 cm³/mol. The average Bonchev–Trinajstić information content (AvgIpc) is 3.25. The number of hydrogen-bond donors (Lipinski definition) is 1. The first kappa shape index (κ1) is 26.7. The summed E-state index contributed by atoms with van der Waals surface area (Å²) < 4.78 is 5.44. The maximum atomic E-state index is 13.5. The van der Waals surface area contributed by atoms with Gasteiger partial charge in [0.05, 0.1) is 6.54 Å². The Kier molecular flexibility index (Phi) is 10.6. The van der Waals surface area contributed by atoms with Crippen LogP contribution in [-0.2, 0) is 22.6 Å². The van der Waals surface area contributed by atoms with Crippen molar-refractivity contribution in [3.8, 4) is 0 Å². The Morgan fingerprint density at radius 2 is 1.80 bits per heavy atom. The molecule has 8 heteroatoms. The predicted octanol–water partition coefficient (Wildman–Crippen LogP) is 6.20. The van der Waals surface area contributed by atoms with E-state index in [1.54, 1.807) is 40.5 Å². The molecular formula is C27H32ClN3O3S. The largest absolute Gasteiger partial charge is 0.382 e. The fourth-order valence-electron chi connectivity index (χ4n) is 3.58. The van der Waals surface area contributed by atoms with Crippen LogP contribution in [0.2, 0.25) is 5.02 Å². The number of nitrogens with zero attached hydrogens (tertiary/aromatic N) is 2. The standard InChI is InChI=1S/C27H32ClN3O3S/c1-3-34-16-8-15-30(27(33)29-24-12-7-11-23(28)17-24)20-26(32)31(18-22-9-5-4-6-10-22)19-25-14-13-21(2)35-25/h4-7,9-14,17H,3,8,15-16,18-20H2,1-2H3,(H,29,33). The molecule has 1 heterocycles. The summed E-state index contributed by atoms with van der Waals surface area (Å²) in [6.07, 6.45) is 0.632. The summed E-state index contributed by atoms with van der Waals surface area (Å²) >= 11 is 7.74. The van der Waals surface area contributed by atoms with Gasteiger partial charge in [-0.1, -0.05) is 48.0 Å². The molecule has 3 aromatic rings. The fraction of sp³-hybridized carbons (Fsp3) is 0.333. The number of carbonyl (C=O) groups excluding carboxylic acids is 2. The van der Waals surface area contributed by atoms with Gasteiger partial charge in [-0.25, -0.2) is 4.79 Å². The third-order valence-electron chi connectivity index (χ3n) is 5.32. The van der Waals surface area contributed by atoms with Crippen LogP contribution in [0.4, 0.5) is 10.5 Å². The lowest BCUT2D eigenvalue weighted by atomic mass is 10.2. The molecule has 0 saturated carbocycles. The molecule has 3 rings (SSSR count). The van der Waals surface area contributed by atoms with Crippen LogP contribution in [0, 0.1) is 6.92 Å². The van der Waals surface area contributed by atoms with Crippen LogP contribution in [0.1, 0.15) is 28.7 Å². The van der Waals surface area contributed by atoms with E-state index in [-0.39, 0.29) is 18.5 Å². The number of anilines is 1. The van der Waals surface area contributed by atoms with Gasteiger partial charge in [0.15, 0.2) is 0 Å². The number of halogens is 1. The highest BCUT2D eigenvalue weighted by Crippen LogP contribution is 2.20. The van der Waals surface area contributed by atoms with Gasteiger partial charge in [-0.3, -0.25) is 4.79 Å². The Balaban J connectivity index is 1.74. The number of amides is 3. The second-order valence-electron chi connectivity index (χ2n) is 8.16. The minimum atomic E-state index is -0.344.